The van der Waals surface area contributed by atoms with Gasteiger partial charge in [0.25, 0.3) is 0 Å². The largest absolute Gasteiger partial charge is 0.486 e. The van der Waals surface area contributed by atoms with Crippen molar-refractivity contribution in [3.8, 4) is 11.5 Å². The first-order chi connectivity index (χ1) is 12.0. The van der Waals surface area contributed by atoms with Crippen molar-refractivity contribution in [3.05, 3.63) is 23.8 Å². The molecule has 2 aliphatic heterocycles. The summed E-state index contributed by atoms with van der Waals surface area (Å²) in [5.74, 6) is 1.24. The number of hydrogen-bond donors (Lipinski definition) is 2. The smallest absolute Gasteiger partial charge is 0.321 e. The monoisotopic (exact) mass is 347 g/mol. The summed E-state index contributed by atoms with van der Waals surface area (Å²) >= 11 is 0. The van der Waals surface area contributed by atoms with Crippen molar-refractivity contribution < 1.29 is 19.1 Å². The number of ether oxygens (including phenoxy) is 2. The summed E-state index contributed by atoms with van der Waals surface area (Å²) in [6.45, 7) is 5.85. The highest BCUT2D eigenvalue weighted by Crippen LogP contribution is 2.37. The van der Waals surface area contributed by atoms with Gasteiger partial charge in [-0.15, -0.1) is 0 Å². The molecule has 2 N–H and O–H groups in total. The molecule has 1 saturated heterocycles. The van der Waals surface area contributed by atoms with Crippen LogP contribution < -0.4 is 20.1 Å². The topological polar surface area (TPSA) is 79.9 Å². The number of benzene rings is 1. The van der Waals surface area contributed by atoms with Crippen molar-refractivity contribution in [2.45, 2.75) is 38.8 Å². The molecule has 25 heavy (non-hydrogen) atoms. The third-order valence-electron chi connectivity index (χ3n) is 4.33. The molecule has 7 heteroatoms. The summed E-state index contributed by atoms with van der Waals surface area (Å²) in [5.41, 5.74) is 1.11. The van der Waals surface area contributed by atoms with E-state index in [1.54, 1.807) is 0 Å². The van der Waals surface area contributed by atoms with Gasteiger partial charge >= 0.3 is 6.03 Å². The van der Waals surface area contributed by atoms with E-state index in [0.717, 1.165) is 36.4 Å². The van der Waals surface area contributed by atoms with Crippen LogP contribution in [0.4, 0.5) is 4.79 Å². The fourth-order valence-electron chi connectivity index (χ4n) is 3.31. The van der Waals surface area contributed by atoms with E-state index in [9.17, 15) is 9.59 Å². The van der Waals surface area contributed by atoms with Gasteiger partial charge in [0.1, 0.15) is 13.2 Å². The molecule has 2 aliphatic rings. The molecular weight excluding hydrogens is 322 g/mol. The zero-order valence-electron chi connectivity index (χ0n) is 14.7. The molecule has 1 aromatic carbocycles. The van der Waals surface area contributed by atoms with Crippen LogP contribution in [0.1, 0.15) is 38.3 Å². The molecule has 1 aromatic rings. The Balaban J connectivity index is 1.62. The Morgan fingerprint density at radius 3 is 2.76 bits per heavy atom. The molecule has 1 atom stereocenters. The molecular formula is C18H25N3O4. The highest BCUT2D eigenvalue weighted by Gasteiger charge is 2.29. The maximum atomic E-state index is 12.1. The number of rotatable bonds is 4. The van der Waals surface area contributed by atoms with Crippen LogP contribution in [0.25, 0.3) is 0 Å². The highest BCUT2D eigenvalue weighted by atomic mass is 16.6. The number of urea groups is 1. The second-order valence-electron chi connectivity index (χ2n) is 6.71. The summed E-state index contributed by atoms with van der Waals surface area (Å²) in [7, 11) is 0. The number of fused-ring (bicyclic) bond motifs is 1. The normalized spacial score (nSPS) is 19.7. The molecule has 0 bridgehead atoms. The zero-order chi connectivity index (χ0) is 17.8. The molecule has 136 valence electrons. The maximum Gasteiger partial charge on any atom is 0.321 e. The predicted octanol–water partition coefficient (Wildman–Crippen LogP) is 1.83. The second kappa shape index (κ2) is 7.74. The number of amides is 3. The minimum absolute atomic E-state index is 0.00921. The Bertz CT molecular complexity index is 647. The second-order valence-corrected chi connectivity index (χ2v) is 6.71. The van der Waals surface area contributed by atoms with Crippen LogP contribution in [0.3, 0.4) is 0 Å². The van der Waals surface area contributed by atoms with Crippen molar-refractivity contribution in [1.29, 1.82) is 0 Å². The van der Waals surface area contributed by atoms with Gasteiger partial charge in [-0.3, -0.25) is 15.0 Å². The molecule has 1 unspecified atom stereocenters. The number of carbonyl (C=O) groups excluding carboxylic acids is 2. The molecule has 2 heterocycles. The number of imide groups is 1. The minimum Gasteiger partial charge on any atom is -0.486 e. The van der Waals surface area contributed by atoms with Crippen LogP contribution in [-0.4, -0.2) is 49.2 Å². The summed E-state index contributed by atoms with van der Waals surface area (Å²) in [6.07, 6.45) is 2.00. The minimum atomic E-state index is -0.449. The number of nitrogens with zero attached hydrogens (tertiary/aromatic N) is 1. The van der Waals surface area contributed by atoms with Crippen LogP contribution in [-0.2, 0) is 4.79 Å². The predicted molar refractivity (Wildman–Crippen MR) is 92.8 cm³/mol. The lowest BCUT2D eigenvalue weighted by molar-refractivity contribution is -0.121. The van der Waals surface area contributed by atoms with Gasteiger partial charge in [-0.1, -0.05) is 6.07 Å². The Kier molecular flexibility index (Phi) is 5.43. The number of likely N-dealkylation sites (tertiary alicyclic amines) is 1. The van der Waals surface area contributed by atoms with Crippen LogP contribution in [0.2, 0.25) is 0 Å². The third kappa shape index (κ3) is 4.42. The molecule has 3 amide bonds. The van der Waals surface area contributed by atoms with Gasteiger partial charge in [-0.05, 0) is 50.9 Å². The molecule has 7 nitrogen and oxygen atoms in total. The molecule has 3 rings (SSSR count). The average molecular weight is 347 g/mol. The molecule has 0 aliphatic carbocycles. The van der Waals surface area contributed by atoms with Gasteiger partial charge < -0.3 is 14.8 Å². The maximum absolute atomic E-state index is 12.1. The first-order valence-corrected chi connectivity index (χ1v) is 8.77. The summed E-state index contributed by atoms with van der Waals surface area (Å²) < 4.78 is 11.2. The third-order valence-corrected chi connectivity index (χ3v) is 4.33. The van der Waals surface area contributed by atoms with Gasteiger partial charge in [0, 0.05) is 12.1 Å². The number of carbonyl (C=O) groups is 2. The van der Waals surface area contributed by atoms with E-state index in [-0.39, 0.29) is 24.5 Å². The summed E-state index contributed by atoms with van der Waals surface area (Å²) in [6, 6.07) is 5.65. The van der Waals surface area contributed by atoms with Gasteiger partial charge in [-0.2, -0.15) is 0 Å². The van der Waals surface area contributed by atoms with E-state index in [4.69, 9.17) is 9.47 Å². The lowest BCUT2D eigenvalue weighted by Crippen LogP contribution is -2.46. The summed E-state index contributed by atoms with van der Waals surface area (Å²) in [4.78, 5) is 25.9. The van der Waals surface area contributed by atoms with E-state index in [1.807, 2.05) is 32.0 Å². The lowest BCUT2D eigenvalue weighted by Gasteiger charge is -2.26. The summed E-state index contributed by atoms with van der Waals surface area (Å²) in [5, 5.41) is 5.04. The standard InChI is InChI=1S/C18H25N3O4/c1-12(2)19-18(23)20-17(22)11-21-7-3-4-14(21)13-5-6-15-16(10-13)25-9-8-24-15/h5-6,10,12,14H,3-4,7-9,11H2,1-2H3,(H2,19,20,22,23). The van der Waals surface area contributed by atoms with Gasteiger partial charge in [0.15, 0.2) is 11.5 Å². The van der Waals surface area contributed by atoms with E-state index >= 15 is 0 Å². The van der Waals surface area contributed by atoms with Crippen LogP contribution in [0.5, 0.6) is 11.5 Å². The Hall–Kier alpha value is -2.28. The highest BCUT2D eigenvalue weighted by molar-refractivity contribution is 5.95. The average Bonchev–Trinajstić information content (AvgIpc) is 3.01. The van der Waals surface area contributed by atoms with E-state index in [1.165, 1.54) is 0 Å². The Morgan fingerprint density at radius 1 is 1.24 bits per heavy atom. The first-order valence-electron chi connectivity index (χ1n) is 8.77. The molecule has 0 saturated carbocycles. The zero-order valence-corrected chi connectivity index (χ0v) is 14.7. The Labute approximate surface area is 147 Å². The van der Waals surface area contributed by atoms with Gasteiger partial charge in [0.2, 0.25) is 5.91 Å². The fraction of sp³-hybridized carbons (Fsp3) is 0.556. The van der Waals surface area contributed by atoms with Crippen molar-refractivity contribution >= 4 is 11.9 Å². The van der Waals surface area contributed by atoms with E-state index in [0.29, 0.717) is 13.2 Å². The lowest BCUT2D eigenvalue weighted by atomic mass is 10.0. The van der Waals surface area contributed by atoms with Crippen molar-refractivity contribution in [3.63, 3.8) is 0 Å². The molecule has 1 fully saturated rings. The first kappa shape index (κ1) is 17.5. The van der Waals surface area contributed by atoms with Gasteiger partial charge in [-0.25, -0.2) is 4.79 Å². The SMILES string of the molecule is CC(C)NC(=O)NC(=O)CN1CCCC1c1ccc2c(c1)OCCO2. The van der Waals surface area contributed by atoms with Crippen LogP contribution >= 0.6 is 0 Å². The van der Waals surface area contributed by atoms with Gasteiger partial charge in [0.05, 0.1) is 6.54 Å². The number of nitrogens with one attached hydrogen (secondary N) is 2. The molecule has 0 radical (unpaired) electrons. The van der Waals surface area contributed by atoms with E-state index in [2.05, 4.69) is 15.5 Å². The van der Waals surface area contributed by atoms with Crippen molar-refractivity contribution in [1.82, 2.24) is 15.5 Å². The number of hydrogen-bond acceptors (Lipinski definition) is 5. The van der Waals surface area contributed by atoms with Crippen molar-refractivity contribution in [2.24, 2.45) is 0 Å². The molecule has 0 spiro atoms. The van der Waals surface area contributed by atoms with E-state index < -0.39 is 6.03 Å². The van der Waals surface area contributed by atoms with Crippen LogP contribution in [0, 0.1) is 0 Å². The Morgan fingerprint density at radius 2 is 2.00 bits per heavy atom. The molecule has 0 aromatic heterocycles. The quantitative estimate of drug-likeness (QED) is 0.869. The van der Waals surface area contributed by atoms with Crippen LogP contribution in [0.15, 0.2) is 18.2 Å². The van der Waals surface area contributed by atoms with Crippen molar-refractivity contribution in [2.75, 3.05) is 26.3 Å². The fourth-order valence-corrected chi connectivity index (χ4v) is 3.31.